The monoisotopic (exact) mass is 273 g/mol. The summed E-state index contributed by atoms with van der Waals surface area (Å²) in [5.74, 6) is 5.14. The van der Waals surface area contributed by atoms with Gasteiger partial charge in [0.2, 0.25) is 10.0 Å². The molecule has 0 fully saturated rings. The second-order valence-corrected chi connectivity index (χ2v) is 5.31. The van der Waals surface area contributed by atoms with Crippen molar-refractivity contribution in [2.24, 2.45) is 5.84 Å². The van der Waals surface area contributed by atoms with Gasteiger partial charge in [-0.05, 0) is 12.1 Å². The number of sulfonamides is 1. The molecule has 9 heteroatoms. The summed E-state index contributed by atoms with van der Waals surface area (Å²) >= 11 is 0. The fourth-order valence-electron chi connectivity index (χ4n) is 1.14. The number of carbonyl (C=O) groups is 1. The van der Waals surface area contributed by atoms with Gasteiger partial charge in [0.15, 0.2) is 0 Å². The van der Waals surface area contributed by atoms with Gasteiger partial charge in [0, 0.05) is 13.1 Å². The standard InChI is InChI=1S/C9H15N5O3S/c1-18(16,17)12-6-5-11-9(15)7-3-2-4-8(13-7)14-10/h2-4,12H,5-6,10H2,1H3,(H,11,15)(H,13,14). The van der Waals surface area contributed by atoms with Crippen LogP contribution in [-0.4, -0.2) is 38.7 Å². The van der Waals surface area contributed by atoms with Gasteiger partial charge in [0.05, 0.1) is 6.26 Å². The molecule has 1 aromatic rings. The van der Waals surface area contributed by atoms with E-state index >= 15 is 0 Å². The zero-order chi connectivity index (χ0) is 13.6. The number of carbonyl (C=O) groups excluding carboxylic acids is 1. The van der Waals surface area contributed by atoms with E-state index in [-0.39, 0.29) is 18.8 Å². The average molecular weight is 273 g/mol. The lowest BCUT2D eigenvalue weighted by Crippen LogP contribution is -2.34. The first-order valence-electron chi connectivity index (χ1n) is 5.09. The van der Waals surface area contributed by atoms with Crippen LogP contribution in [0.4, 0.5) is 5.82 Å². The molecule has 8 nitrogen and oxygen atoms in total. The highest BCUT2D eigenvalue weighted by Crippen LogP contribution is 2.02. The number of nitrogens with one attached hydrogen (secondary N) is 3. The van der Waals surface area contributed by atoms with E-state index in [1.807, 2.05) is 0 Å². The van der Waals surface area contributed by atoms with Crippen molar-refractivity contribution in [1.82, 2.24) is 15.0 Å². The Balaban J connectivity index is 2.45. The minimum Gasteiger partial charge on any atom is -0.349 e. The van der Waals surface area contributed by atoms with Crippen molar-refractivity contribution in [3.8, 4) is 0 Å². The van der Waals surface area contributed by atoms with Gasteiger partial charge >= 0.3 is 0 Å². The molecule has 0 unspecified atom stereocenters. The fraction of sp³-hybridized carbons (Fsp3) is 0.333. The van der Waals surface area contributed by atoms with E-state index in [2.05, 4.69) is 20.4 Å². The topological polar surface area (TPSA) is 126 Å². The number of pyridine rings is 1. The second kappa shape index (κ2) is 6.28. The van der Waals surface area contributed by atoms with Crippen molar-refractivity contribution in [2.45, 2.75) is 0 Å². The molecule has 1 heterocycles. The van der Waals surface area contributed by atoms with Gasteiger partial charge in [-0.25, -0.2) is 24.0 Å². The third kappa shape index (κ3) is 5.08. The van der Waals surface area contributed by atoms with Crippen LogP contribution in [0.25, 0.3) is 0 Å². The lowest BCUT2D eigenvalue weighted by atomic mass is 10.3. The Morgan fingerprint density at radius 3 is 2.72 bits per heavy atom. The molecule has 0 aromatic carbocycles. The molecule has 0 atom stereocenters. The quantitative estimate of drug-likeness (QED) is 0.288. The zero-order valence-corrected chi connectivity index (χ0v) is 10.6. The van der Waals surface area contributed by atoms with Crippen molar-refractivity contribution < 1.29 is 13.2 Å². The summed E-state index contributed by atoms with van der Waals surface area (Å²) in [6.07, 6.45) is 1.05. The first-order chi connectivity index (χ1) is 8.42. The normalized spacial score (nSPS) is 11.0. The lowest BCUT2D eigenvalue weighted by Gasteiger charge is -2.06. The molecule has 1 amide bonds. The molecule has 100 valence electrons. The number of nitrogen functional groups attached to an aromatic ring is 1. The van der Waals surface area contributed by atoms with Crippen LogP contribution in [-0.2, 0) is 10.0 Å². The molecular formula is C9H15N5O3S. The third-order valence-electron chi connectivity index (χ3n) is 1.90. The van der Waals surface area contributed by atoms with Crippen LogP contribution in [0, 0.1) is 0 Å². The molecule has 0 bridgehead atoms. The average Bonchev–Trinajstić information content (AvgIpc) is 2.33. The van der Waals surface area contributed by atoms with E-state index in [1.165, 1.54) is 6.07 Å². The molecule has 18 heavy (non-hydrogen) atoms. The Morgan fingerprint density at radius 2 is 2.11 bits per heavy atom. The number of hydrogen-bond acceptors (Lipinski definition) is 6. The van der Waals surface area contributed by atoms with E-state index in [0.29, 0.717) is 5.82 Å². The minimum absolute atomic E-state index is 0.124. The predicted octanol–water partition coefficient (Wildman–Crippen LogP) is -1.35. The van der Waals surface area contributed by atoms with Crippen molar-refractivity contribution in [2.75, 3.05) is 24.8 Å². The summed E-state index contributed by atoms with van der Waals surface area (Å²) < 4.78 is 23.8. The Hall–Kier alpha value is -1.71. The largest absolute Gasteiger partial charge is 0.349 e. The summed E-state index contributed by atoms with van der Waals surface area (Å²) in [5, 5.41) is 2.53. The van der Waals surface area contributed by atoms with E-state index in [0.717, 1.165) is 6.26 Å². The number of hydrazine groups is 1. The minimum atomic E-state index is -3.24. The number of amides is 1. The summed E-state index contributed by atoms with van der Waals surface area (Å²) in [6, 6.07) is 4.77. The maximum atomic E-state index is 11.6. The molecule has 0 spiro atoms. The Bertz CT molecular complexity index is 517. The van der Waals surface area contributed by atoms with Crippen LogP contribution < -0.4 is 21.3 Å². The summed E-state index contributed by atoms with van der Waals surface area (Å²) in [4.78, 5) is 15.5. The van der Waals surface area contributed by atoms with Crippen LogP contribution in [0.15, 0.2) is 18.2 Å². The van der Waals surface area contributed by atoms with E-state index in [4.69, 9.17) is 5.84 Å². The third-order valence-corrected chi connectivity index (χ3v) is 2.63. The molecule has 1 rings (SSSR count). The van der Waals surface area contributed by atoms with Crippen LogP contribution in [0.2, 0.25) is 0 Å². The van der Waals surface area contributed by atoms with Gasteiger partial charge in [-0.15, -0.1) is 0 Å². The Kier molecular flexibility index (Phi) is 5.01. The molecule has 1 aromatic heterocycles. The molecule has 0 aliphatic carbocycles. The maximum absolute atomic E-state index is 11.6. The maximum Gasteiger partial charge on any atom is 0.270 e. The van der Waals surface area contributed by atoms with Gasteiger partial charge in [-0.3, -0.25) is 4.79 Å². The van der Waals surface area contributed by atoms with Crippen molar-refractivity contribution >= 4 is 21.7 Å². The number of aromatic nitrogens is 1. The molecule has 0 radical (unpaired) electrons. The Labute approximate surface area is 105 Å². The highest BCUT2D eigenvalue weighted by Gasteiger charge is 2.07. The zero-order valence-electron chi connectivity index (χ0n) is 9.80. The van der Waals surface area contributed by atoms with E-state index in [1.54, 1.807) is 12.1 Å². The van der Waals surface area contributed by atoms with E-state index in [9.17, 15) is 13.2 Å². The fourth-order valence-corrected chi connectivity index (χ4v) is 1.62. The molecule has 0 saturated carbocycles. The van der Waals surface area contributed by atoms with Crippen LogP contribution >= 0.6 is 0 Å². The summed E-state index contributed by atoms with van der Waals surface area (Å²) in [6.45, 7) is 0.299. The first kappa shape index (κ1) is 14.4. The van der Waals surface area contributed by atoms with Crippen LogP contribution in [0.5, 0.6) is 0 Å². The second-order valence-electron chi connectivity index (χ2n) is 3.47. The highest BCUT2D eigenvalue weighted by atomic mass is 32.2. The van der Waals surface area contributed by atoms with Crippen LogP contribution in [0.3, 0.4) is 0 Å². The molecule has 0 aliphatic rings. The molecular weight excluding hydrogens is 258 g/mol. The van der Waals surface area contributed by atoms with E-state index < -0.39 is 15.9 Å². The Morgan fingerprint density at radius 1 is 1.39 bits per heavy atom. The SMILES string of the molecule is CS(=O)(=O)NCCNC(=O)c1cccc(NN)n1. The number of hydrogen-bond donors (Lipinski definition) is 4. The van der Waals surface area contributed by atoms with Gasteiger partial charge in [-0.1, -0.05) is 6.07 Å². The molecule has 0 aliphatic heterocycles. The van der Waals surface area contributed by atoms with Crippen molar-refractivity contribution in [1.29, 1.82) is 0 Å². The summed E-state index contributed by atoms with van der Waals surface area (Å²) in [7, 11) is -3.24. The van der Waals surface area contributed by atoms with Gasteiger partial charge < -0.3 is 10.7 Å². The van der Waals surface area contributed by atoms with Gasteiger partial charge in [0.1, 0.15) is 11.5 Å². The van der Waals surface area contributed by atoms with Gasteiger partial charge in [-0.2, -0.15) is 0 Å². The molecule has 5 N–H and O–H groups in total. The first-order valence-corrected chi connectivity index (χ1v) is 6.98. The van der Waals surface area contributed by atoms with Crippen molar-refractivity contribution in [3.63, 3.8) is 0 Å². The highest BCUT2D eigenvalue weighted by molar-refractivity contribution is 7.88. The van der Waals surface area contributed by atoms with Gasteiger partial charge in [0.25, 0.3) is 5.91 Å². The number of rotatable bonds is 6. The summed E-state index contributed by atoms with van der Waals surface area (Å²) in [5.41, 5.74) is 2.53. The smallest absolute Gasteiger partial charge is 0.270 e. The lowest BCUT2D eigenvalue weighted by molar-refractivity contribution is 0.0949. The van der Waals surface area contributed by atoms with Crippen molar-refractivity contribution in [3.05, 3.63) is 23.9 Å². The number of nitrogens with zero attached hydrogens (tertiary/aromatic N) is 1. The number of nitrogens with two attached hydrogens (primary N) is 1. The predicted molar refractivity (Wildman–Crippen MR) is 67.2 cm³/mol. The number of anilines is 1. The van der Waals surface area contributed by atoms with Crippen LogP contribution in [0.1, 0.15) is 10.5 Å². The molecule has 0 saturated heterocycles.